The second kappa shape index (κ2) is 9.00. The van der Waals surface area contributed by atoms with E-state index in [-0.39, 0.29) is 5.97 Å². The minimum Gasteiger partial charge on any atom is -0.466 e. The Morgan fingerprint density at radius 2 is 2.07 bits per heavy atom. The minimum atomic E-state index is -0.0736. The molecule has 0 aromatic rings. The number of hydrogen-bond acceptors (Lipinski definition) is 3. The maximum Gasteiger partial charge on any atom is 0.306 e. The Bertz CT molecular complexity index is 146. The van der Waals surface area contributed by atoms with Crippen molar-refractivity contribution in [1.29, 1.82) is 0 Å². The van der Waals surface area contributed by atoms with E-state index in [2.05, 4.69) is 12.2 Å². The predicted octanol–water partition coefficient (Wildman–Crippen LogP) is 1.97. The van der Waals surface area contributed by atoms with E-state index >= 15 is 0 Å². The quantitative estimate of drug-likeness (QED) is 0.482. The molecule has 0 aromatic carbocycles. The van der Waals surface area contributed by atoms with E-state index in [0.717, 1.165) is 25.9 Å². The molecule has 0 heterocycles. The molecule has 84 valence electrons. The van der Waals surface area contributed by atoms with Crippen LogP contribution in [0.15, 0.2) is 0 Å². The lowest BCUT2D eigenvalue weighted by Crippen LogP contribution is -2.18. The van der Waals surface area contributed by atoms with Crippen LogP contribution in [0, 0.1) is 5.92 Å². The number of carbonyl (C=O) groups excluding carboxylic acids is 1. The fourth-order valence-electron chi connectivity index (χ4n) is 1.08. The highest BCUT2D eigenvalue weighted by Gasteiger charge is 2.04. The van der Waals surface area contributed by atoms with Crippen LogP contribution in [0.2, 0.25) is 0 Å². The van der Waals surface area contributed by atoms with Crippen LogP contribution in [0.5, 0.6) is 0 Å². The van der Waals surface area contributed by atoms with Gasteiger partial charge < -0.3 is 10.1 Å². The van der Waals surface area contributed by atoms with E-state index in [1.54, 1.807) is 0 Å². The number of rotatable bonds is 8. The molecule has 0 aromatic heterocycles. The van der Waals surface area contributed by atoms with Crippen molar-refractivity contribution in [3.8, 4) is 0 Å². The van der Waals surface area contributed by atoms with Gasteiger partial charge in [-0.25, -0.2) is 0 Å². The Kier molecular flexibility index (Phi) is 8.64. The third kappa shape index (κ3) is 9.52. The lowest BCUT2D eigenvalue weighted by molar-refractivity contribution is -0.144. The molecular formula is C11H23NO2. The van der Waals surface area contributed by atoms with Gasteiger partial charge in [-0.3, -0.25) is 4.79 Å². The van der Waals surface area contributed by atoms with Crippen LogP contribution in [0.4, 0.5) is 0 Å². The molecule has 0 saturated carbocycles. The molecule has 0 saturated heterocycles. The molecule has 0 amide bonds. The Labute approximate surface area is 87.2 Å². The molecule has 0 bridgehead atoms. The predicted molar refractivity (Wildman–Crippen MR) is 58.2 cm³/mol. The summed E-state index contributed by atoms with van der Waals surface area (Å²) in [6.45, 7) is 8.69. The highest BCUT2D eigenvalue weighted by atomic mass is 16.5. The molecule has 3 heteroatoms. The summed E-state index contributed by atoms with van der Waals surface area (Å²) < 4.78 is 5.05. The zero-order chi connectivity index (χ0) is 10.8. The summed E-state index contributed by atoms with van der Waals surface area (Å²) in [4.78, 5) is 11.1. The number of nitrogens with one attached hydrogen (secondary N) is 1. The van der Waals surface area contributed by atoms with Crippen molar-refractivity contribution in [2.45, 2.75) is 40.0 Å². The number of hydrogen-bond donors (Lipinski definition) is 1. The molecule has 0 fully saturated rings. The second-order valence-electron chi connectivity index (χ2n) is 3.92. The third-order valence-corrected chi connectivity index (χ3v) is 1.76. The summed E-state index contributed by atoms with van der Waals surface area (Å²) in [5, 5.41) is 3.26. The van der Waals surface area contributed by atoms with E-state index in [4.69, 9.17) is 4.74 Å². The molecule has 1 N–H and O–H groups in total. The first kappa shape index (κ1) is 13.4. The van der Waals surface area contributed by atoms with Gasteiger partial charge in [-0.1, -0.05) is 20.8 Å². The van der Waals surface area contributed by atoms with Crippen LogP contribution in [0.25, 0.3) is 0 Å². The SMILES string of the molecule is CCCNCCCOC(=O)CC(C)C. The van der Waals surface area contributed by atoms with Gasteiger partial charge in [0.15, 0.2) is 0 Å². The van der Waals surface area contributed by atoms with Crippen molar-refractivity contribution < 1.29 is 9.53 Å². The van der Waals surface area contributed by atoms with E-state index in [1.807, 2.05) is 13.8 Å². The fraction of sp³-hybridized carbons (Fsp3) is 0.909. The molecule has 0 unspecified atom stereocenters. The molecule has 0 aliphatic rings. The molecule has 0 rings (SSSR count). The highest BCUT2D eigenvalue weighted by Crippen LogP contribution is 2.00. The zero-order valence-electron chi connectivity index (χ0n) is 9.64. The summed E-state index contributed by atoms with van der Waals surface area (Å²) in [7, 11) is 0. The Hall–Kier alpha value is -0.570. The first-order valence-electron chi connectivity index (χ1n) is 5.53. The maximum absolute atomic E-state index is 11.1. The molecule has 0 spiro atoms. The molecule has 0 atom stereocenters. The van der Waals surface area contributed by atoms with Crippen molar-refractivity contribution in [1.82, 2.24) is 5.32 Å². The van der Waals surface area contributed by atoms with Gasteiger partial charge >= 0.3 is 5.97 Å². The van der Waals surface area contributed by atoms with Crippen LogP contribution in [0.3, 0.4) is 0 Å². The summed E-state index contributed by atoms with van der Waals surface area (Å²) in [6, 6.07) is 0. The molecule has 14 heavy (non-hydrogen) atoms. The first-order valence-corrected chi connectivity index (χ1v) is 5.53. The van der Waals surface area contributed by atoms with Gasteiger partial charge in [0, 0.05) is 6.42 Å². The summed E-state index contributed by atoms with van der Waals surface area (Å²) in [5.41, 5.74) is 0. The number of ether oxygens (including phenoxy) is 1. The van der Waals surface area contributed by atoms with Crippen LogP contribution in [-0.4, -0.2) is 25.7 Å². The van der Waals surface area contributed by atoms with Crippen LogP contribution >= 0.6 is 0 Å². The summed E-state index contributed by atoms with van der Waals surface area (Å²) >= 11 is 0. The molecule has 0 radical (unpaired) electrons. The smallest absolute Gasteiger partial charge is 0.306 e. The second-order valence-corrected chi connectivity index (χ2v) is 3.92. The first-order chi connectivity index (χ1) is 6.66. The maximum atomic E-state index is 11.1. The van der Waals surface area contributed by atoms with Crippen molar-refractivity contribution in [2.75, 3.05) is 19.7 Å². The summed E-state index contributed by atoms with van der Waals surface area (Å²) in [6.07, 6.45) is 2.58. The van der Waals surface area contributed by atoms with Crippen molar-refractivity contribution in [2.24, 2.45) is 5.92 Å². The Morgan fingerprint density at radius 1 is 1.36 bits per heavy atom. The fourth-order valence-corrected chi connectivity index (χ4v) is 1.08. The highest BCUT2D eigenvalue weighted by molar-refractivity contribution is 5.69. The largest absolute Gasteiger partial charge is 0.466 e. The summed E-state index contributed by atoms with van der Waals surface area (Å²) in [5.74, 6) is 0.316. The lowest BCUT2D eigenvalue weighted by atomic mass is 10.1. The van der Waals surface area contributed by atoms with Gasteiger partial charge in [0.1, 0.15) is 0 Å². The van der Waals surface area contributed by atoms with E-state index in [9.17, 15) is 4.79 Å². The Morgan fingerprint density at radius 3 is 2.64 bits per heavy atom. The van der Waals surface area contributed by atoms with Gasteiger partial charge in [0.2, 0.25) is 0 Å². The van der Waals surface area contributed by atoms with Crippen LogP contribution in [-0.2, 0) is 9.53 Å². The van der Waals surface area contributed by atoms with Crippen molar-refractivity contribution in [3.63, 3.8) is 0 Å². The lowest BCUT2D eigenvalue weighted by Gasteiger charge is -2.06. The number of carbonyl (C=O) groups is 1. The van der Waals surface area contributed by atoms with Gasteiger partial charge in [0.25, 0.3) is 0 Å². The average Bonchev–Trinajstić information content (AvgIpc) is 2.10. The number of esters is 1. The van der Waals surface area contributed by atoms with E-state index < -0.39 is 0 Å². The molecular weight excluding hydrogens is 178 g/mol. The zero-order valence-corrected chi connectivity index (χ0v) is 9.64. The van der Waals surface area contributed by atoms with Crippen molar-refractivity contribution >= 4 is 5.97 Å². The third-order valence-electron chi connectivity index (χ3n) is 1.76. The standard InChI is InChI=1S/C11H23NO2/c1-4-6-12-7-5-8-14-11(13)9-10(2)3/h10,12H,4-9H2,1-3H3. The monoisotopic (exact) mass is 201 g/mol. The Balaban J connectivity index is 3.15. The van der Waals surface area contributed by atoms with Gasteiger partial charge in [0.05, 0.1) is 6.61 Å². The topological polar surface area (TPSA) is 38.3 Å². The van der Waals surface area contributed by atoms with Crippen LogP contribution < -0.4 is 5.32 Å². The van der Waals surface area contributed by atoms with Gasteiger partial charge in [-0.2, -0.15) is 0 Å². The molecule has 0 aliphatic heterocycles. The van der Waals surface area contributed by atoms with E-state index in [1.165, 1.54) is 0 Å². The normalized spacial score (nSPS) is 10.6. The average molecular weight is 201 g/mol. The van der Waals surface area contributed by atoms with Crippen LogP contribution in [0.1, 0.15) is 40.0 Å². The van der Waals surface area contributed by atoms with Gasteiger partial charge in [-0.15, -0.1) is 0 Å². The molecule has 0 aliphatic carbocycles. The van der Waals surface area contributed by atoms with Gasteiger partial charge in [-0.05, 0) is 31.8 Å². The van der Waals surface area contributed by atoms with E-state index in [0.29, 0.717) is 18.9 Å². The minimum absolute atomic E-state index is 0.0736. The van der Waals surface area contributed by atoms with Crippen molar-refractivity contribution in [3.05, 3.63) is 0 Å². The molecule has 3 nitrogen and oxygen atoms in total.